The largest absolute Gasteiger partial charge is 0.413 e. The molecular formula is C25H30N4O3. The maximum Gasteiger partial charge on any atom is 0.413 e. The minimum absolute atomic E-state index is 0.0774. The average Bonchev–Trinajstić information content (AvgIpc) is 2.79. The van der Waals surface area contributed by atoms with Crippen molar-refractivity contribution in [3.8, 4) is 11.8 Å². The number of nitrogens with zero attached hydrogens (tertiary/aromatic N) is 3. The van der Waals surface area contributed by atoms with Crippen molar-refractivity contribution in [2.75, 3.05) is 31.1 Å². The monoisotopic (exact) mass is 434 g/mol. The molecular weight excluding hydrogens is 404 g/mol. The fraction of sp³-hybridized carbons (Fsp3) is 0.400. The topological polar surface area (TPSA) is 85.7 Å². The number of aryl methyl sites for hydroxylation is 2. The molecule has 1 atom stereocenters. The maximum atomic E-state index is 13.2. The number of hydrogen-bond acceptors (Lipinski definition) is 5. The second-order valence-corrected chi connectivity index (χ2v) is 8.47. The highest BCUT2D eigenvalue weighted by molar-refractivity contribution is 5.86. The van der Waals surface area contributed by atoms with Crippen LogP contribution in [0.15, 0.2) is 42.5 Å². The van der Waals surface area contributed by atoms with E-state index in [4.69, 9.17) is 10.00 Å². The van der Waals surface area contributed by atoms with Gasteiger partial charge < -0.3 is 19.9 Å². The van der Waals surface area contributed by atoms with E-state index in [0.717, 1.165) is 16.8 Å². The Balaban J connectivity index is 1.58. The Bertz CT molecular complexity index is 1000. The van der Waals surface area contributed by atoms with E-state index in [1.807, 2.05) is 52.0 Å². The van der Waals surface area contributed by atoms with Crippen molar-refractivity contribution in [2.45, 2.75) is 33.7 Å². The molecule has 1 aliphatic heterocycles. The first-order chi connectivity index (χ1) is 15.3. The number of amides is 2. The van der Waals surface area contributed by atoms with Crippen LogP contribution >= 0.6 is 0 Å². The van der Waals surface area contributed by atoms with E-state index in [1.165, 1.54) is 0 Å². The highest BCUT2D eigenvalue weighted by Crippen LogP contribution is 2.19. The van der Waals surface area contributed by atoms with E-state index in [1.54, 1.807) is 23.1 Å². The van der Waals surface area contributed by atoms with Crippen LogP contribution in [0, 0.1) is 31.1 Å². The van der Waals surface area contributed by atoms with Crippen molar-refractivity contribution in [3.63, 3.8) is 0 Å². The standard InChI is InChI=1S/C25H30N4O3/c1-17(2)23(27-25(31)32-22-10-5-18(3)19(4)15-22)24(30)29-13-11-28(12-14-29)21-8-6-20(16-26)7-9-21/h5-10,15,17,23H,11-14H2,1-4H3,(H,27,31)/t23-/m0/s1. The number of ether oxygens (including phenoxy) is 1. The summed E-state index contributed by atoms with van der Waals surface area (Å²) in [6.07, 6.45) is -0.628. The molecule has 1 N–H and O–H groups in total. The van der Waals surface area contributed by atoms with E-state index in [9.17, 15) is 9.59 Å². The van der Waals surface area contributed by atoms with E-state index < -0.39 is 12.1 Å². The van der Waals surface area contributed by atoms with E-state index in [-0.39, 0.29) is 11.8 Å². The molecule has 2 aromatic rings. The van der Waals surface area contributed by atoms with Crippen LogP contribution in [0.5, 0.6) is 5.75 Å². The number of piperazine rings is 1. The van der Waals surface area contributed by atoms with Gasteiger partial charge in [0, 0.05) is 31.9 Å². The zero-order chi connectivity index (χ0) is 23.3. The van der Waals surface area contributed by atoms with Crippen molar-refractivity contribution in [3.05, 3.63) is 59.2 Å². The number of nitrogens with one attached hydrogen (secondary N) is 1. The molecule has 0 spiro atoms. The molecule has 0 unspecified atom stereocenters. The number of hydrogen-bond donors (Lipinski definition) is 1. The molecule has 32 heavy (non-hydrogen) atoms. The van der Waals surface area contributed by atoms with Crippen LogP contribution in [0.2, 0.25) is 0 Å². The Morgan fingerprint density at radius 2 is 1.66 bits per heavy atom. The molecule has 0 bridgehead atoms. The zero-order valence-electron chi connectivity index (χ0n) is 19.1. The lowest BCUT2D eigenvalue weighted by molar-refractivity contribution is -0.134. The molecule has 0 radical (unpaired) electrons. The predicted molar refractivity (Wildman–Crippen MR) is 124 cm³/mol. The Morgan fingerprint density at radius 1 is 1.00 bits per heavy atom. The molecule has 168 valence electrons. The predicted octanol–water partition coefficient (Wildman–Crippen LogP) is 3.64. The highest BCUT2D eigenvalue weighted by atomic mass is 16.6. The Kier molecular flexibility index (Phi) is 7.37. The lowest BCUT2D eigenvalue weighted by Crippen LogP contribution is -2.56. The van der Waals surface area contributed by atoms with Gasteiger partial charge in [0.1, 0.15) is 11.8 Å². The van der Waals surface area contributed by atoms with Crippen LogP contribution in [0.3, 0.4) is 0 Å². The highest BCUT2D eigenvalue weighted by Gasteiger charge is 2.31. The minimum atomic E-state index is -0.657. The Morgan fingerprint density at radius 3 is 2.22 bits per heavy atom. The van der Waals surface area contributed by atoms with Gasteiger partial charge in [0.25, 0.3) is 0 Å². The number of nitriles is 1. The van der Waals surface area contributed by atoms with Crippen molar-refractivity contribution < 1.29 is 14.3 Å². The quantitative estimate of drug-likeness (QED) is 0.777. The number of carbonyl (C=O) groups is 2. The molecule has 1 saturated heterocycles. The van der Waals surface area contributed by atoms with Crippen LogP contribution in [0.1, 0.15) is 30.5 Å². The second-order valence-electron chi connectivity index (χ2n) is 8.47. The number of carbonyl (C=O) groups excluding carboxylic acids is 2. The third-order valence-corrected chi connectivity index (χ3v) is 5.85. The SMILES string of the molecule is Cc1ccc(OC(=O)N[C@H](C(=O)N2CCN(c3ccc(C#N)cc3)CC2)C(C)C)cc1C. The molecule has 0 aliphatic carbocycles. The normalized spacial score (nSPS) is 14.6. The van der Waals surface area contributed by atoms with E-state index in [2.05, 4.69) is 16.3 Å². The molecule has 3 rings (SSSR count). The molecule has 1 aliphatic rings. The molecule has 1 heterocycles. The molecule has 0 aromatic heterocycles. The first kappa shape index (κ1) is 23.1. The Hall–Kier alpha value is -3.53. The lowest BCUT2D eigenvalue weighted by atomic mass is 10.0. The van der Waals surface area contributed by atoms with Crippen LogP contribution in [-0.2, 0) is 4.79 Å². The van der Waals surface area contributed by atoms with Gasteiger partial charge in [-0.2, -0.15) is 5.26 Å². The third kappa shape index (κ3) is 5.58. The first-order valence-electron chi connectivity index (χ1n) is 10.9. The molecule has 7 nitrogen and oxygen atoms in total. The van der Waals surface area contributed by atoms with Gasteiger partial charge in [-0.3, -0.25) is 4.79 Å². The van der Waals surface area contributed by atoms with Crippen molar-refractivity contribution >= 4 is 17.7 Å². The van der Waals surface area contributed by atoms with Gasteiger partial charge in [0.15, 0.2) is 0 Å². The molecule has 7 heteroatoms. The summed E-state index contributed by atoms with van der Waals surface area (Å²) < 4.78 is 5.41. The van der Waals surface area contributed by atoms with Crippen molar-refractivity contribution in [1.29, 1.82) is 5.26 Å². The fourth-order valence-corrected chi connectivity index (χ4v) is 3.68. The zero-order valence-corrected chi connectivity index (χ0v) is 19.1. The number of rotatable bonds is 5. The van der Waals surface area contributed by atoms with Crippen LogP contribution in [0.25, 0.3) is 0 Å². The summed E-state index contributed by atoms with van der Waals surface area (Å²) in [6, 6.07) is 14.4. The van der Waals surface area contributed by atoms with Crippen LogP contribution < -0.4 is 15.0 Å². The van der Waals surface area contributed by atoms with Crippen LogP contribution in [-0.4, -0.2) is 49.1 Å². The smallest absolute Gasteiger partial charge is 0.410 e. The van der Waals surface area contributed by atoms with Crippen LogP contribution in [0.4, 0.5) is 10.5 Å². The third-order valence-electron chi connectivity index (χ3n) is 5.85. The molecule has 2 amide bonds. The summed E-state index contributed by atoms with van der Waals surface area (Å²) in [5, 5.41) is 11.7. The molecule has 0 saturated carbocycles. The summed E-state index contributed by atoms with van der Waals surface area (Å²) in [5.74, 6) is 0.277. The fourth-order valence-electron chi connectivity index (χ4n) is 3.68. The van der Waals surface area contributed by atoms with Gasteiger partial charge >= 0.3 is 6.09 Å². The van der Waals surface area contributed by atoms with Gasteiger partial charge in [0.2, 0.25) is 5.91 Å². The summed E-state index contributed by atoms with van der Waals surface area (Å²) in [4.78, 5) is 29.6. The summed E-state index contributed by atoms with van der Waals surface area (Å²) in [7, 11) is 0. The lowest BCUT2D eigenvalue weighted by Gasteiger charge is -2.38. The summed E-state index contributed by atoms with van der Waals surface area (Å²) in [6.45, 7) is 10.3. The van der Waals surface area contributed by atoms with Crippen molar-refractivity contribution in [2.24, 2.45) is 5.92 Å². The average molecular weight is 435 g/mol. The molecule has 1 fully saturated rings. The Labute approximate surface area is 189 Å². The number of benzene rings is 2. The maximum absolute atomic E-state index is 13.2. The number of anilines is 1. The van der Waals surface area contributed by atoms with E-state index >= 15 is 0 Å². The van der Waals surface area contributed by atoms with E-state index in [0.29, 0.717) is 37.5 Å². The van der Waals surface area contributed by atoms with Gasteiger partial charge in [0.05, 0.1) is 11.6 Å². The van der Waals surface area contributed by atoms with Gasteiger partial charge in [-0.15, -0.1) is 0 Å². The minimum Gasteiger partial charge on any atom is -0.410 e. The summed E-state index contributed by atoms with van der Waals surface area (Å²) in [5.41, 5.74) is 3.81. The first-order valence-corrected chi connectivity index (χ1v) is 10.9. The van der Waals surface area contributed by atoms with Gasteiger partial charge in [-0.1, -0.05) is 19.9 Å². The van der Waals surface area contributed by atoms with Crippen molar-refractivity contribution in [1.82, 2.24) is 10.2 Å². The van der Waals surface area contributed by atoms with Gasteiger partial charge in [-0.05, 0) is 67.3 Å². The second kappa shape index (κ2) is 10.2. The molecule has 2 aromatic carbocycles. The summed E-state index contributed by atoms with van der Waals surface area (Å²) >= 11 is 0. The van der Waals surface area contributed by atoms with Gasteiger partial charge in [-0.25, -0.2) is 4.79 Å².